The molecule has 0 aliphatic heterocycles. The highest BCUT2D eigenvalue weighted by Crippen LogP contribution is 2.29. The van der Waals surface area contributed by atoms with Crippen LogP contribution in [-0.4, -0.2) is 18.1 Å². The molecule has 0 amide bonds. The van der Waals surface area contributed by atoms with Crippen LogP contribution in [0.5, 0.6) is 0 Å². The number of benzene rings is 1. The summed E-state index contributed by atoms with van der Waals surface area (Å²) in [6.45, 7) is 4.05. The Morgan fingerprint density at radius 1 is 1.28 bits per heavy atom. The van der Waals surface area contributed by atoms with E-state index in [1.54, 1.807) is 17.4 Å². The number of thiazole rings is 1. The summed E-state index contributed by atoms with van der Waals surface area (Å²) in [7, 11) is 0. The molecule has 0 aliphatic rings. The highest BCUT2D eigenvalue weighted by Gasteiger charge is 2.06. The van der Waals surface area contributed by atoms with Crippen LogP contribution in [0, 0.1) is 0 Å². The van der Waals surface area contributed by atoms with Gasteiger partial charge in [0.15, 0.2) is 0 Å². The fourth-order valence-electron chi connectivity index (χ4n) is 1.59. The van der Waals surface area contributed by atoms with Crippen molar-refractivity contribution in [1.82, 2.24) is 10.3 Å². The first kappa shape index (κ1) is 13.8. The topological polar surface area (TPSA) is 24.9 Å². The molecule has 1 aromatic heterocycles. The van der Waals surface area contributed by atoms with E-state index in [1.165, 1.54) is 0 Å². The molecule has 0 saturated heterocycles. The van der Waals surface area contributed by atoms with Crippen molar-refractivity contribution in [2.24, 2.45) is 0 Å². The average Bonchev–Trinajstić information content (AvgIpc) is 2.82. The van der Waals surface area contributed by atoms with Gasteiger partial charge in [-0.05, 0) is 18.7 Å². The van der Waals surface area contributed by atoms with Gasteiger partial charge in [0.1, 0.15) is 0 Å². The Bertz CT molecular complexity index is 525. The number of nitrogens with one attached hydrogen (secondary N) is 1. The van der Waals surface area contributed by atoms with Gasteiger partial charge in [-0.1, -0.05) is 36.2 Å². The van der Waals surface area contributed by atoms with Gasteiger partial charge in [-0.2, -0.15) is 0 Å². The molecular formula is C13H14Cl2N2S. The first-order valence-corrected chi connectivity index (χ1v) is 7.45. The lowest BCUT2D eigenvalue weighted by Crippen LogP contribution is -2.15. The normalized spacial score (nSPS) is 10.8. The largest absolute Gasteiger partial charge is 0.317 e. The molecule has 5 heteroatoms. The quantitative estimate of drug-likeness (QED) is 0.834. The minimum Gasteiger partial charge on any atom is -0.317 e. The van der Waals surface area contributed by atoms with Gasteiger partial charge in [0.25, 0.3) is 0 Å². The van der Waals surface area contributed by atoms with E-state index in [0.717, 1.165) is 35.8 Å². The number of hydrogen-bond acceptors (Lipinski definition) is 3. The molecule has 18 heavy (non-hydrogen) atoms. The number of rotatable bonds is 5. The zero-order chi connectivity index (χ0) is 13.0. The number of aromatic nitrogens is 1. The van der Waals surface area contributed by atoms with Crippen molar-refractivity contribution in [3.63, 3.8) is 0 Å². The summed E-state index contributed by atoms with van der Waals surface area (Å²) in [4.78, 5) is 4.60. The lowest BCUT2D eigenvalue weighted by Gasteiger charge is -2.00. The molecule has 0 radical (unpaired) electrons. The van der Waals surface area contributed by atoms with Crippen LogP contribution in [0.15, 0.2) is 23.6 Å². The van der Waals surface area contributed by atoms with Gasteiger partial charge in [-0.3, -0.25) is 0 Å². The van der Waals surface area contributed by atoms with E-state index in [1.807, 2.05) is 12.1 Å². The third-order valence-electron chi connectivity index (χ3n) is 2.53. The molecule has 96 valence electrons. The molecule has 0 spiro atoms. The van der Waals surface area contributed by atoms with E-state index >= 15 is 0 Å². The summed E-state index contributed by atoms with van der Waals surface area (Å²) in [5.41, 5.74) is 1.97. The maximum atomic E-state index is 6.01. The molecule has 0 aliphatic carbocycles. The van der Waals surface area contributed by atoms with Gasteiger partial charge in [-0.25, -0.2) is 4.98 Å². The maximum Gasteiger partial charge on any atom is 0.0945 e. The van der Waals surface area contributed by atoms with E-state index in [2.05, 4.69) is 22.6 Å². The predicted octanol–water partition coefficient (Wildman–Crippen LogP) is 4.27. The van der Waals surface area contributed by atoms with Gasteiger partial charge in [0.05, 0.1) is 20.7 Å². The lowest BCUT2D eigenvalue weighted by molar-refractivity contribution is 0.714. The second-order valence-corrected chi connectivity index (χ2v) is 5.62. The van der Waals surface area contributed by atoms with Gasteiger partial charge in [-0.15, -0.1) is 11.3 Å². The predicted molar refractivity (Wildman–Crippen MR) is 79.8 cm³/mol. The summed E-state index contributed by atoms with van der Waals surface area (Å²) >= 11 is 13.6. The van der Waals surface area contributed by atoms with E-state index in [-0.39, 0.29) is 0 Å². The van der Waals surface area contributed by atoms with Gasteiger partial charge in [0, 0.05) is 23.9 Å². The first-order chi connectivity index (χ1) is 8.70. The molecule has 0 unspecified atom stereocenters. The standard InChI is InChI=1S/C13H14Cl2N2S/c1-2-16-6-5-13-17-12(8-18-13)9-3-4-10(14)11(15)7-9/h3-4,7-8,16H,2,5-6H2,1H3. The number of likely N-dealkylation sites (N-methyl/N-ethyl adjacent to an activating group) is 1. The van der Waals surface area contributed by atoms with Crippen LogP contribution >= 0.6 is 34.5 Å². The van der Waals surface area contributed by atoms with Crippen molar-refractivity contribution in [2.45, 2.75) is 13.3 Å². The van der Waals surface area contributed by atoms with Crippen LogP contribution in [0.1, 0.15) is 11.9 Å². The van der Waals surface area contributed by atoms with Crippen LogP contribution in [0.3, 0.4) is 0 Å². The third kappa shape index (κ3) is 3.45. The molecule has 0 fully saturated rings. The lowest BCUT2D eigenvalue weighted by atomic mass is 10.2. The molecule has 2 nitrogen and oxygen atoms in total. The van der Waals surface area contributed by atoms with Crippen molar-refractivity contribution in [3.05, 3.63) is 38.6 Å². The van der Waals surface area contributed by atoms with Crippen molar-refractivity contribution in [3.8, 4) is 11.3 Å². The Balaban J connectivity index is 2.11. The van der Waals surface area contributed by atoms with E-state index in [0.29, 0.717) is 10.0 Å². The molecule has 2 rings (SSSR count). The Morgan fingerprint density at radius 3 is 2.83 bits per heavy atom. The monoisotopic (exact) mass is 300 g/mol. The number of nitrogens with zero attached hydrogens (tertiary/aromatic N) is 1. The zero-order valence-corrected chi connectivity index (χ0v) is 12.4. The smallest absolute Gasteiger partial charge is 0.0945 e. The van der Waals surface area contributed by atoms with Crippen LogP contribution in [0.2, 0.25) is 10.0 Å². The summed E-state index contributed by atoms with van der Waals surface area (Å²) in [5.74, 6) is 0. The molecule has 1 N–H and O–H groups in total. The fraction of sp³-hybridized carbons (Fsp3) is 0.308. The summed E-state index contributed by atoms with van der Waals surface area (Å²) in [6, 6.07) is 5.60. The summed E-state index contributed by atoms with van der Waals surface area (Å²) < 4.78 is 0. The fourth-order valence-corrected chi connectivity index (χ4v) is 2.69. The van der Waals surface area contributed by atoms with Crippen molar-refractivity contribution in [2.75, 3.05) is 13.1 Å². The zero-order valence-electron chi connectivity index (χ0n) is 10.0. The minimum absolute atomic E-state index is 0.566. The van der Waals surface area contributed by atoms with Crippen LogP contribution in [-0.2, 0) is 6.42 Å². The summed E-state index contributed by atoms with van der Waals surface area (Å²) in [6.07, 6.45) is 0.958. The molecule has 0 bridgehead atoms. The van der Waals surface area contributed by atoms with Gasteiger partial charge in [0.2, 0.25) is 0 Å². The van der Waals surface area contributed by atoms with Crippen molar-refractivity contribution in [1.29, 1.82) is 0 Å². The third-order valence-corrected chi connectivity index (χ3v) is 4.18. The van der Waals surface area contributed by atoms with Crippen molar-refractivity contribution < 1.29 is 0 Å². The van der Waals surface area contributed by atoms with Crippen molar-refractivity contribution >= 4 is 34.5 Å². The van der Waals surface area contributed by atoms with Crippen LogP contribution in [0.25, 0.3) is 11.3 Å². The van der Waals surface area contributed by atoms with Gasteiger partial charge < -0.3 is 5.32 Å². The van der Waals surface area contributed by atoms with E-state index in [9.17, 15) is 0 Å². The molecular weight excluding hydrogens is 287 g/mol. The SMILES string of the molecule is CCNCCc1nc(-c2ccc(Cl)c(Cl)c2)cs1. The average molecular weight is 301 g/mol. The highest BCUT2D eigenvalue weighted by atomic mass is 35.5. The molecule has 1 heterocycles. The van der Waals surface area contributed by atoms with E-state index < -0.39 is 0 Å². The van der Waals surface area contributed by atoms with Crippen LogP contribution < -0.4 is 5.32 Å². The molecule has 0 saturated carbocycles. The molecule has 1 aromatic carbocycles. The second kappa shape index (κ2) is 6.53. The Morgan fingerprint density at radius 2 is 2.11 bits per heavy atom. The van der Waals surface area contributed by atoms with Crippen LogP contribution in [0.4, 0.5) is 0 Å². The first-order valence-electron chi connectivity index (χ1n) is 5.81. The van der Waals surface area contributed by atoms with E-state index in [4.69, 9.17) is 23.2 Å². The Labute approximate surface area is 121 Å². The van der Waals surface area contributed by atoms with Gasteiger partial charge >= 0.3 is 0 Å². The molecule has 2 aromatic rings. The summed E-state index contributed by atoms with van der Waals surface area (Å²) in [5, 5.41) is 7.62. The highest BCUT2D eigenvalue weighted by molar-refractivity contribution is 7.09. The Kier molecular flexibility index (Phi) is 5.01. The minimum atomic E-state index is 0.566. The number of halogens is 2. The Hall–Kier alpha value is -0.610. The maximum absolute atomic E-state index is 6.01. The number of hydrogen-bond donors (Lipinski definition) is 1. The molecule has 0 atom stereocenters. The second-order valence-electron chi connectivity index (χ2n) is 3.86.